The first kappa shape index (κ1) is 14.6. The molecule has 2 fully saturated rings. The van der Waals surface area contributed by atoms with Crippen molar-refractivity contribution in [1.82, 2.24) is 10.2 Å². The van der Waals surface area contributed by atoms with Gasteiger partial charge in [-0.25, -0.2) is 0 Å². The smallest absolute Gasteiger partial charge is 0.308 e. The Labute approximate surface area is 128 Å². The molecule has 2 aliphatic rings. The zero-order valence-electron chi connectivity index (χ0n) is 12.1. The number of nitrogens with zero attached hydrogens (tertiary/aromatic N) is 1. The van der Waals surface area contributed by atoms with Gasteiger partial charge in [0.1, 0.15) is 0 Å². The Balaban J connectivity index is 1.63. The lowest BCUT2D eigenvalue weighted by Crippen LogP contribution is -2.30. The van der Waals surface area contributed by atoms with Gasteiger partial charge in [-0.1, -0.05) is 0 Å². The molecule has 0 aromatic heterocycles. The summed E-state index contributed by atoms with van der Waals surface area (Å²) in [5.41, 5.74) is 1.02. The molecule has 1 unspecified atom stereocenters. The molecular formula is C16H18N2O4. The third kappa shape index (κ3) is 3.10. The third-order valence-corrected chi connectivity index (χ3v) is 4.13. The van der Waals surface area contributed by atoms with E-state index in [1.807, 2.05) is 0 Å². The normalized spacial score (nSPS) is 20.7. The summed E-state index contributed by atoms with van der Waals surface area (Å²) in [5.74, 6) is -1.64. The maximum atomic E-state index is 12.3. The fraction of sp³-hybridized carbons (Fsp3) is 0.438. The molecule has 1 aliphatic carbocycles. The van der Waals surface area contributed by atoms with Gasteiger partial charge in [-0.2, -0.15) is 0 Å². The molecule has 22 heavy (non-hydrogen) atoms. The van der Waals surface area contributed by atoms with Crippen LogP contribution in [0.15, 0.2) is 24.3 Å². The van der Waals surface area contributed by atoms with E-state index in [-0.39, 0.29) is 18.4 Å². The van der Waals surface area contributed by atoms with Crippen molar-refractivity contribution in [3.05, 3.63) is 35.4 Å². The van der Waals surface area contributed by atoms with Crippen LogP contribution >= 0.6 is 0 Å². The van der Waals surface area contributed by atoms with Crippen molar-refractivity contribution >= 4 is 17.8 Å². The summed E-state index contributed by atoms with van der Waals surface area (Å²) in [7, 11) is 0. The Bertz CT molecular complexity index is 607. The Kier molecular flexibility index (Phi) is 3.83. The van der Waals surface area contributed by atoms with Crippen LogP contribution in [-0.2, 0) is 4.79 Å². The van der Waals surface area contributed by atoms with Crippen LogP contribution in [0.1, 0.15) is 40.0 Å². The second kappa shape index (κ2) is 5.79. The van der Waals surface area contributed by atoms with Gasteiger partial charge in [0.15, 0.2) is 0 Å². The highest BCUT2D eigenvalue weighted by molar-refractivity contribution is 5.98. The van der Waals surface area contributed by atoms with E-state index in [2.05, 4.69) is 5.32 Å². The summed E-state index contributed by atoms with van der Waals surface area (Å²) in [4.78, 5) is 36.7. The SMILES string of the molecule is O=C(NC1CC1)c1ccc(C(=O)N2CCC(C(=O)O)C2)cc1. The molecule has 3 rings (SSSR count). The van der Waals surface area contributed by atoms with Crippen molar-refractivity contribution in [3.8, 4) is 0 Å². The van der Waals surface area contributed by atoms with Crippen LogP contribution in [0.3, 0.4) is 0 Å². The van der Waals surface area contributed by atoms with E-state index in [1.165, 1.54) is 0 Å². The van der Waals surface area contributed by atoms with E-state index in [1.54, 1.807) is 29.2 Å². The summed E-state index contributed by atoms with van der Waals surface area (Å²) in [6.07, 6.45) is 2.55. The molecule has 0 spiro atoms. The molecule has 116 valence electrons. The number of aliphatic carboxylic acids is 1. The molecular weight excluding hydrogens is 284 g/mol. The van der Waals surface area contributed by atoms with Crippen molar-refractivity contribution in [3.63, 3.8) is 0 Å². The van der Waals surface area contributed by atoms with Crippen molar-refractivity contribution in [2.24, 2.45) is 5.92 Å². The number of carbonyl (C=O) groups excluding carboxylic acids is 2. The Morgan fingerprint density at radius 1 is 1.05 bits per heavy atom. The van der Waals surface area contributed by atoms with Crippen LogP contribution in [0.5, 0.6) is 0 Å². The van der Waals surface area contributed by atoms with Gasteiger partial charge < -0.3 is 15.3 Å². The number of hydrogen-bond donors (Lipinski definition) is 2. The van der Waals surface area contributed by atoms with Crippen LogP contribution < -0.4 is 5.32 Å². The number of carboxylic acids is 1. The fourth-order valence-electron chi connectivity index (χ4n) is 2.59. The monoisotopic (exact) mass is 302 g/mol. The van der Waals surface area contributed by atoms with E-state index in [0.29, 0.717) is 30.1 Å². The van der Waals surface area contributed by atoms with E-state index < -0.39 is 11.9 Å². The lowest BCUT2D eigenvalue weighted by atomic mass is 10.1. The summed E-state index contributed by atoms with van der Waals surface area (Å²) >= 11 is 0. The minimum atomic E-state index is -0.859. The molecule has 1 aromatic rings. The first-order chi connectivity index (χ1) is 10.5. The van der Waals surface area contributed by atoms with Crippen molar-refractivity contribution in [1.29, 1.82) is 0 Å². The molecule has 2 N–H and O–H groups in total. The minimum absolute atomic E-state index is 0.117. The molecule has 6 heteroatoms. The second-order valence-corrected chi connectivity index (χ2v) is 5.90. The highest BCUT2D eigenvalue weighted by atomic mass is 16.4. The van der Waals surface area contributed by atoms with Gasteiger partial charge in [0.2, 0.25) is 0 Å². The number of rotatable bonds is 4. The fourth-order valence-corrected chi connectivity index (χ4v) is 2.59. The molecule has 1 atom stereocenters. The lowest BCUT2D eigenvalue weighted by Gasteiger charge is -2.16. The van der Waals surface area contributed by atoms with Crippen LogP contribution in [0.4, 0.5) is 0 Å². The van der Waals surface area contributed by atoms with Gasteiger partial charge in [0.05, 0.1) is 5.92 Å². The van der Waals surface area contributed by atoms with Crippen LogP contribution in [0.25, 0.3) is 0 Å². The molecule has 1 aromatic carbocycles. The molecule has 2 amide bonds. The number of carboxylic acid groups (broad SMARTS) is 1. The molecule has 1 aliphatic heterocycles. The third-order valence-electron chi connectivity index (χ3n) is 4.13. The van der Waals surface area contributed by atoms with E-state index >= 15 is 0 Å². The summed E-state index contributed by atoms with van der Waals surface area (Å²) in [5, 5.41) is 11.9. The van der Waals surface area contributed by atoms with E-state index in [4.69, 9.17) is 5.11 Å². The average Bonchev–Trinajstić information content (AvgIpc) is 3.18. The van der Waals surface area contributed by atoms with E-state index in [9.17, 15) is 14.4 Å². The highest BCUT2D eigenvalue weighted by Gasteiger charge is 2.31. The maximum Gasteiger partial charge on any atom is 0.308 e. The number of likely N-dealkylation sites (tertiary alicyclic amines) is 1. The van der Waals surface area contributed by atoms with Crippen LogP contribution in [0.2, 0.25) is 0 Å². The standard InChI is InChI=1S/C16H18N2O4/c19-14(17-13-5-6-13)10-1-3-11(4-2-10)15(20)18-8-7-12(9-18)16(21)22/h1-4,12-13H,5-9H2,(H,17,19)(H,21,22). The van der Waals surface area contributed by atoms with Crippen molar-refractivity contribution < 1.29 is 19.5 Å². The quantitative estimate of drug-likeness (QED) is 0.872. The zero-order valence-corrected chi connectivity index (χ0v) is 12.1. The minimum Gasteiger partial charge on any atom is -0.481 e. The van der Waals surface area contributed by atoms with Gasteiger partial charge >= 0.3 is 5.97 Å². The van der Waals surface area contributed by atoms with Gasteiger partial charge in [-0.05, 0) is 43.5 Å². The highest BCUT2D eigenvalue weighted by Crippen LogP contribution is 2.21. The number of carbonyl (C=O) groups is 3. The number of hydrogen-bond acceptors (Lipinski definition) is 3. The number of amides is 2. The Hall–Kier alpha value is -2.37. The topological polar surface area (TPSA) is 86.7 Å². The zero-order chi connectivity index (χ0) is 15.7. The van der Waals surface area contributed by atoms with Gasteiger partial charge in [-0.3, -0.25) is 14.4 Å². The molecule has 0 bridgehead atoms. The lowest BCUT2D eigenvalue weighted by molar-refractivity contribution is -0.141. The summed E-state index contributed by atoms with van der Waals surface area (Å²) in [6.45, 7) is 0.706. The maximum absolute atomic E-state index is 12.3. The molecule has 6 nitrogen and oxygen atoms in total. The number of benzene rings is 1. The first-order valence-electron chi connectivity index (χ1n) is 7.47. The second-order valence-electron chi connectivity index (χ2n) is 5.90. The molecule has 0 radical (unpaired) electrons. The summed E-state index contributed by atoms with van der Waals surface area (Å²) in [6, 6.07) is 6.81. The molecule has 1 heterocycles. The average molecular weight is 302 g/mol. The predicted octanol–water partition coefficient (Wildman–Crippen LogP) is 1.13. The summed E-state index contributed by atoms with van der Waals surface area (Å²) < 4.78 is 0. The van der Waals surface area contributed by atoms with Crippen LogP contribution in [0, 0.1) is 5.92 Å². The van der Waals surface area contributed by atoms with Gasteiger partial charge in [-0.15, -0.1) is 0 Å². The van der Waals surface area contributed by atoms with Gasteiger partial charge in [0, 0.05) is 30.3 Å². The molecule has 1 saturated heterocycles. The molecule has 1 saturated carbocycles. The largest absolute Gasteiger partial charge is 0.481 e. The van der Waals surface area contributed by atoms with Crippen molar-refractivity contribution in [2.45, 2.75) is 25.3 Å². The Morgan fingerprint density at radius 3 is 2.23 bits per heavy atom. The predicted molar refractivity (Wildman–Crippen MR) is 78.6 cm³/mol. The number of nitrogens with one attached hydrogen (secondary N) is 1. The van der Waals surface area contributed by atoms with E-state index in [0.717, 1.165) is 12.8 Å². The van der Waals surface area contributed by atoms with Gasteiger partial charge in [0.25, 0.3) is 11.8 Å². The first-order valence-corrected chi connectivity index (χ1v) is 7.47. The Morgan fingerprint density at radius 2 is 1.68 bits per heavy atom. The van der Waals surface area contributed by atoms with Crippen LogP contribution in [-0.4, -0.2) is 46.9 Å². The van der Waals surface area contributed by atoms with Crippen molar-refractivity contribution in [2.75, 3.05) is 13.1 Å².